The molecule has 2 heterocycles. The Balaban J connectivity index is 0.00000200. The molecule has 1 N–H and O–H groups in total. The van der Waals surface area contributed by atoms with Crippen molar-refractivity contribution in [2.24, 2.45) is 0 Å². The Hall–Kier alpha value is -0.330. The summed E-state index contributed by atoms with van der Waals surface area (Å²) in [7, 11) is 0. The molecule has 0 saturated carbocycles. The number of nitrogens with zero attached hydrogens (tertiary/aromatic N) is 3. The van der Waals surface area contributed by atoms with Crippen LogP contribution < -0.4 is 5.32 Å². The maximum atomic E-state index is 5.34. The quantitative estimate of drug-likeness (QED) is 0.773. The van der Waals surface area contributed by atoms with E-state index in [0.717, 1.165) is 39.4 Å². The van der Waals surface area contributed by atoms with Crippen molar-refractivity contribution in [3.8, 4) is 0 Å². The highest BCUT2D eigenvalue weighted by molar-refractivity contribution is 5.85. The van der Waals surface area contributed by atoms with Crippen LogP contribution in [0.4, 0.5) is 0 Å². The third-order valence-electron chi connectivity index (χ3n) is 3.48. The predicted octanol–water partition coefficient (Wildman–Crippen LogP) is 2.12. The zero-order chi connectivity index (χ0) is 13.5. The molecular formula is C14H28Cl2N4O. The Morgan fingerprint density at radius 2 is 2.00 bits per heavy atom. The van der Waals surface area contributed by atoms with Gasteiger partial charge >= 0.3 is 0 Å². The highest BCUT2D eigenvalue weighted by Gasteiger charge is 2.09. The molecular weight excluding hydrogens is 311 g/mol. The SMILES string of the molecule is CC(C)n1nccc1CNCCCN1CCOCC1.Cl.Cl. The number of aromatic nitrogens is 2. The van der Waals surface area contributed by atoms with Gasteiger partial charge in [0.05, 0.1) is 18.9 Å². The lowest BCUT2D eigenvalue weighted by atomic mass is 10.3. The van der Waals surface area contributed by atoms with Crippen molar-refractivity contribution in [1.29, 1.82) is 0 Å². The summed E-state index contributed by atoms with van der Waals surface area (Å²) in [6.07, 6.45) is 3.07. The van der Waals surface area contributed by atoms with Crippen LogP contribution in [-0.2, 0) is 11.3 Å². The minimum absolute atomic E-state index is 0. The van der Waals surface area contributed by atoms with Crippen LogP contribution >= 0.6 is 24.8 Å². The highest BCUT2D eigenvalue weighted by atomic mass is 35.5. The number of morpholine rings is 1. The van der Waals surface area contributed by atoms with Gasteiger partial charge in [-0.1, -0.05) is 0 Å². The summed E-state index contributed by atoms with van der Waals surface area (Å²) in [5.41, 5.74) is 1.27. The molecule has 0 atom stereocenters. The lowest BCUT2D eigenvalue weighted by Crippen LogP contribution is -2.37. The van der Waals surface area contributed by atoms with Crippen LogP contribution in [0.3, 0.4) is 0 Å². The monoisotopic (exact) mass is 338 g/mol. The van der Waals surface area contributed by atoms with Gasteiger partial charge in [-0.25, -0.2) is 0 Å². The molecule has 0 unspecified atom stereocenters. The maximum Gasteiger partial charge on any atom is 0.0594 e. The van der Waals surface area contributed by atoms with E-state index in [1.807, 2.05) is 6.20 Å². The fourth-order valence-electron chi connectivity index (χ4n) is 2.42. The third-order valence-corrected chi connectivity index (χ3v) is 3.48. The van der Waals surface area contributed by atoms with Gasteiger partial charge in [0.15, 0.2) is 0 Å². The van der Waals surface area contributed by atoms with Crippen LogP contribution in [0.15, 0.2) is 12.3 Å². The molecule has 7 heteroatoms. The van der Waals surface area contributed by atoms with Crippen LogP contribution in [0.25, 0.3) is 0 Å². The molecule has 1 aliphatic rings. The molecule has 1 aromatic rings. The second-order valence-electron chi connectivity index (χ2n) is 5.35. The first-order chi connectivity index (χ1) is 9.27. The topological polar surface area (TPSA) is 42.3 Å². The van der Waals surface area contributed by atoms with Crippen molar-refractivity contribution in [3.05, 3.63) is 18.0 Å². The van der Waals surface area contributed by atoms with Gasteiger partial charge in [-0.15, -0.1) is 24.8 Å². The molecule has 5 nitrogen and oxygen atoms in total. The Labute approximate surface area is 140 Å². The van der Waals surface area contributed by atoms with Crippen molar-refractivity contribution in [2.75, 3.05) is 39.4 Å². The molecule has 21 heavy (non-hydrogen) atoms. The Bertz CT molecular complexity index is 368. The van der Waals surface area contributed by atoms with Gasteiger partial charge in [0.1, 0.15) is 0 Å². The van der Waals surface area contributed by atoms with E-state index in [1.165, 1.54) is 18.7 Å². The van der Waals surface area contributed by atoms with Crippen molar-refractivity contribution in [3.63, 3.8) is 0 Å². The maximum absolute atomic E-state index is 5.34. The fourth-order valence-corrected chi connectivity index (χ4v) is 2.42. The van der Waals surface area contributed by atoms with E-state index in [0.29, 0.717) is 6.04 Å². The lowest BCUT2D eigenvalue weighted by Gasteiger charge is -2.26. The largest absolute Gasteiger partial charge is 0.379 e. The standard InChI is InChI=1S/C14H26N4O.2ClH/c1-13(2)18-14(4-6-16-18)12-15-5-3-7-17-8-10-19-11-9-17;;/h4,6,13,15H,3,5,7-12H2,1-2H3;2*1H. The van der Waals surface area contributed by atoms with Crippen molar-refractivity contribution in [1.82, 2.24) is 20.0 Å². The second-order valence-corrected chi connectivity index (χ2v) is 5.35. The van der Waals surface area contributed by atoms with Crippen LogP contribution in [0.2, 0.25) is 0 Å². The van der Waals surface area contributed by atoms with E-state index >= 15 is 0 Å². The van der Waals surface area contributed by atoms with Crippen molar-refractivity contribution >= 4 is 24.8 Å². The number of hydrogen-bond donors (Lipinski definition) is 1. The Morgan fingerprint density at radius 3 is 2.67 bits per heavy atom. The summed E-state index contributed by atoms with van der Waals surface area (Å²) >= 11 is 0. The molecule has 0 bridgehead atoms. The summed E-state index contributed by atoms with van der Waals surface area (Å²) < 4.78 is 7.42. The average Bonchev–Trinajstić information content (AvgIpc) is 2.88. The van der Waals surface area contributed by atoms with Gasteiger partial charge in [0.25, 0.3) is 0 Å². The average molecular weight is 339 g/mol. The smallest absolute Gasteiger partial charge is 0.0594 e. The molecule has 2 rings (SSSR count). The molecule has 0 aliphatic carbocycles. The van der Waals surface area contributed by atoms with Crippen LogP contribution in [0, 0.1) is 0 Å². The lowest BCUT2D eigenvalue weighted by molar-refractivity contribution is 0.0374. The van der Waals surface area contributed by atoms with Crippen molar-refractivity contribution < 1.29 is 4.74 Å². The molecule has 124 valence electrons. The van der Waals surface area contributed by atoms with Crippen LogP contribution in [0.5, 0.6) is 0 Å². The van der Waals surface area contributed by atoms with Gasteiger partial charge in [-0.3, -0.25) is 9.58 Å². The van der Waals surface area contributed by atoms with Gasteiger partial charge in [-0.05, 0) is 39.4 Å². The van der Waals surface area contributed by atoms with E-state index in [4.69, 9.17) is 4.74 Å². The molecule has 1 fully saturated rings. The van der Waals surface area contributed by atoms with E-state index < -0.39 is 0 Å². The predicted molar refractivity (Wildman–Crippen MR) is 90.7 cm³/mol. The van der Waals surface area contributed by atoms with Gasteiger partial charge in [-0.2, -0.15) is 5.10 Å². The molecule has 0 spiro atoms. The first kappa shape index (κ1) is 20.7. The summed E-state index contributed by atoms with van der Waals surface area (Å²) in [5.74, 6) is 0. The zero-order valence-corrected chi connectivity index (χ0v) is 14.6. The summed E-state index contributed by atoms with van der Waals surface area (Å²) in [6.45, 7) is 11.4. The molecule has 1 saturated heterocycles. The normalized spacial score (nSPS) is 15.6. The molecule has 1 aliphatic heterocycles. The Kier molecular flexibility index (Phi) is 11.1. The van der Waals surface area contributed by atoms with Gasteiger partial charge in [0.2, 0.25) is 0 Å². The molecule has 0 aromatic carbocycles. The molecule has 0 amide bonds. The third kappa shape index (κ3) is 6.98. The van der Waals surface area contributed by atoms with Gasteiger partial charge < -0.3 is 10.1 Å². The van der Waals surface area contributed by atoms with E-state index in [2.05, 4.69) is 39.9 Å². The summed E-state index contributed by atoms with van der Waals surface area (Å²) in [6, 6.07) is 2.52. The fraction of sp³-hybridized carbons (Fsp3) is 0.786. The zero-order valence-electron chi connectivity index (χ0n) is 13.0. The van der Waals surface area contributed by atoms with Gasteiger partial charge in [0, 0.05) is 31.9 Å². The first-order valence-corrected chi connectivity index (χ1v) is 7.30. The number of ether oxygens (including phenoxy) is 1. The number of nitrogens with one attached hydrogen (secondary N) is 1. The van der Waals surface area contributed by atoms with E-state index in [-0.39, 0.29) is 24.8 Å². The second kappa shape index (κ2) is 11.3. The minimum Gasteiger partial charge on any atom is -0.379 e. The van der Waals surface area contributed by atoms with E-state index in [9.17, 15) is 0 Å². The summed E-state index contributed by atoms with van der Waals surface area (Å²) in [4.78, 5) is 2.48. The molecule has 0 radical (unpaired) electrons. The van der Waals surface area contributed by atoms with Crippen LogP contribution in [0.1, 0.15) is 32.0 Å². The summed E-state index contributed by atoms with van der Waals surface area (Å²) in [5, 5.41) is 7.85. The Morgan fingerprint density at radius 1 is 1.29 bits per heavy atom. The highest BCUT2D eigenvalue weighted by Crippen LogP contribution is 2.07. The van der Waals surface area contributed by atoms with Crippen molar-refractivity contribution in [2.45, 2.75) is 32.9 Å². The number of rotatable bonds is 7. The first-order valence-electron chi connectivity index (χ1n) is 7.30. The molecule has 1 aromatic heterocycles. The van der Waals surface area contributed by atoms with E-state index in [1.54, 1.807) is 0 Å². The minimum atomic E-state index is 0. The number of halogens is 2. The van der Waals surface area contributed by atoms with Crippen LogP contribution in [-0.4, -0.2) is 54.1 Å². The number of hydrogen-bond acceptors (Lipinski definition) is 4.